The van der Waals surface area contributed by atoms with Gasteiger partial charge in [0.05, 0.1) is 12.2 Å². The Labute approximate surface area is 181 Å². The number of hydrogen-bond donors (Lipinski definition) is 0. The number of benzene rings is 2. The maximum atomic E-state index is 12.4. The molecule has 0 amide bonds. The van der Waals surface area contributed by atoms with Gasteiger partial charge in [-0.05, 0) is 42.8 Å². The molecule has 0 aliphatic heterocycles. The van der Waals surface area contributed by atoms with Crippen LogP contribution in [0, 0.1) is 16.7 Å². The number of hydrogen-bond acceptors (Lipinski definition) is 4. The summed E-state index contributed by atoms with van der Waals surface area (Å²) in [5, 5.41) is 10.4. The SMILES string of the molecule is CCOc1cc(/C=C(\C#N)C(=O)C(C)(C)C)ccc1OCc1c(Cl)cccc1Cl. The van der Waals surface area contributed by atoms with Crippen LogP contribution in [0.15, 0.2) is 42.0 Å². The highest BCUT2D eigenvalue weighted by Crippen LogP contribution is 2.32. The predicted octanol–water partition coefficient (Wildman–Crippen LogP) is 6.49. The Bertz CT molecular complexity index is 949. The number of allylic oxidation sites excluding steroid dienone is 1. The number of nitrogens with zero attached hydrogens (tertiary/aromatic N) is 1. The zero-order chi connectivity index (χ0) is 21.6. The molecule has 0 N–H and O–H groups in total. The molecule has 0 saturated heterocycles. The van der Waals surface area contributed by atoms with Crippen molar-refractivity contribution in [2.24, 2.45) is 5.41 Å². The third-order valence-electron chi connectivity index (χ3n) is 4.06. The van der Waals surface area contributed by atoms with Crippen LogP contribution < -0.4 is 9.47 Å². The minimum atomic E-state index is -0.637. The number of carbonyl (C=O) groups excluding carboxylic acids is 1. The molecule has 2 aromatic carbocycles. The second kappa shape index (κ2) is 9.82. The Hall–Kier alpha value is -2.48. The minimum absolute atomic E-state index is 0.0940. The average Bonchev–Trinajstić information content (AvgIpc) is 2.66. The van der Waals surface area contributed by atoms with Gasteiger partial charge in [-0.2, -0.15) is 5.26 Å². The third kappa shape index (κ3) is 6.00. The van der Waals surface area contributed by atoms with E-state index in [1.165, 1.54) is 0 Å². The van der Waals surface area contributed by atoms with E-state index in [9.17, 15) is 10.1 Å². The maximum absolute atomic E-state index is 12.4. The van der Waals surface area contributed by atoms with E-state index < -0.39 is 5.41 Å². The molecule has 152 valence electrons. The van der Waals surface area contributed by atoms with Crippen molar-refractivity contribution >= 4 is 35.1 Å². The fourth-order valence-electron chi connectivity index (χ4n) is 2.54. The first-order valence-electron chi connectivity index (χ1n) is 9.16. The first kappa shape index (κ1) is 22.8. The van der Waals surface area contributed by atoms with Gasteiger partial charge < -0.3 is 9.47 Å². The van der Waals surface area contributed by atoms with Gasteiger partial charge in [-0.15, -0.1) is 0 Å². The maximum Gasteiger partial charge on any atom is 0.178 e. The largest absolute Gasteiger partial charge is 0.490 e. The Morgan fingerprint density at radius 1 is 1.10 bits per heavy atom. The molecule has 6 heteroatoms. The topological polar surface area (TPSA) is 59.3 Å². The number of carbonyl (C=O) groups is 1. The summed E-state index contributed by atoms with van der Waals surface area (Å²) in [6.07, 6.45) is 1.56. The molecule has 0 atom stereocenters. The lowest BCUT2D eigenvalue weighted by molar-refractivity contribution is -0.121. The van der Waals surface area contributed by atoms with Crippen LogP contribution in [0.1, 0.15) is 38.8 Å². The van der Waals surface area contributed by atoms with Crippen molar-refractivity contribution in [2.75, 3.05) is 6.61 Å². The highest BCUT2D eigenvalue weighted by Gasteiger charge is 2.25. The van der Waals surface area contributed by atoms with Crippen LogP contribution in [0.3, 0.4) is 0 Å². The number of nitriles is 1. The van der Waals surface area contributed by atoms with Gasteiger partial charge in [0.15, 0.2) is 17.3 Å². The lowest BCUT2D eigenvalue weighted by Gasteiger charge is -2.16. The molecule has 0 spiro atoms. The Morgan fingerprint density at radius 3 is 2.31 bits per heavy atom. The Kier molecular flexibility index (Phi) is 7.73. The van der Waals surface area contributed by atoms with E-state index in [0.29, 0.717) is 39.3 Å². The highest BCUT2D eigenvalue weighted by molar-refractivity contribution is 6.35. The normalized spacial score (nSPS) is 11.7. The monoisotopic (exact) mass is 431 g/mol. The summed E-state index contributed by atoms with van der Waals surface area (Å²) in [7, 11) is 0. The van der Waals surface area contributed by atoms with Crippen molar-refractivity contribution in [2.45, 2.75) is 34.3 Å². The van der Waals surface area contributed by atoms with Crippen LogP contribution in [-0.2, 0) is 11.4 Å². The first-order chi connectivity index (χ1) is 13.7. The molecule has 0 bridgehead atoms. The summed E-state index contributed by atoms with van der Waals surface area (Å²) < 4.78 is 11.6. The summed E-state index contributed by atoms with van der Waals surface area (Å²) in [4.78, 5) is 12.4. The van der Waals surface area contributed by atoms with Gasteiger partial charge in [0.25, 0.3) is 0 Å². The van der Waals surface area contributed by atoms with Gasteiger partial charge in [0.1, 0.15) is 12.7 Å². The van der Waals surface area contributed by atoms with E-state index >= 15 is 0 Å². The molecule has 29 heavy (non-hydrogen) atoms. The standard InChI is InChI=1S/C23H23Cl2NO3/c1-5-28-21-12-15(11-16(13-26)22(27)23(2,3)4)9-10-20(21)29-14-17-18(24)7-6-8-19(17)25/h6-12H,5,14H2,1-4H3/b16-11+. The van der Waals surface area contributed by atoms with Gasteiger partial charge in [-0.25, -0.2) is 0 Å². The van der Waals surface area contributed by atoms with Crippen LogP contribution in [0.25, 0.3) is 6.08 Å². The number of ketones is 1. The van der Waals surface area contributed by atoms with Crippen LogP contribution in [-0.4, -0.2) is 12.4 Å². The second-order valence-corrected chi connectivity index (χ2v) is 8.19. The zero-order valence-corrected chi connectivity index (χ0v) is 18.4. The van der Waals surface area contributed by atoms with E-state index in [-0.39, 0.29) is 18.0 Å². The second-order valence-electron chi connectivity index (χ2n) is 7.38. The quantitative estimate of drug-likeness (QED) is 0.371. The van der Waals surface area contributed by atoms with Crippen molar-refractivity contribution in [1.82, 2.24) is 0 Å². The van der Waals surface area contributed by atoms with Crippen molar-refractivity contribution in [3.8, 4) is 17.6 Å². The van der Waals surface area contributed by atoms with E-state index in [1.54, 1.807) is 63.2 Å². The van der Waals surface area contributed by atoms with Gasteiger partial charge in [-0.3, -0.25) is 4.79 Å². The molecule has 0 fully saturated rings. The summed E-state index contributed by atoms with van der Waals surface area (Å²) in [6, 6.07) is 12.5. The lowest BCUT2D eigenvalue weighted by atomic mass is 9.86. The molecule has 4 nitrogen and oxygen atoms in total. The highest BCUT2D eigenvalue weighted by atomic mass is 35.5. The zero-order valence-electron chi connectivity index (χ0n) is 16.9. The van der Waals surface area contributed by atoms with E-state index in [0.717, 1.165) is 0 Å². The Balaban J connectivity index is 2.32. The first-order valence-corrected chi connectivity index (χ1v) is 9.92. The summed E-state index contributed by atoms with van der Waals surface area (Å²) in [5.74, 6) is 0.803. The molecule has 0 aromatic heterocycles. The molecule has 0 heterocycles. The predicted molar refractivity (Wildman–Crippen MR) is 116 cm³/mol. The Morgan fingerprint density at radius 2 is 1.76 bits per heavy atom. The lowest BCUT2D eigenvalue weighted by Crippen LogP contribution is -2.21. The molecule has 0 aliphatic carbocycles. The van der Waals surface area contributed by atoms with Gasteiger partial charge in [0.2, 0.25) is 0 Å². The van der Waals surface area contributed by atoms with E-state index in [1.807, 2.05) is 13.0 Å². The summed E-state index contributed by atoms with van der Waals surface area (Å²) in [5.41, 5.74) is 0.814. The molecule has 0 unspecified atom stereocenters. The molecular formula is C23H23Cl2NO3. The average molecular weight is 432 g/mol. The van der Waals surface area contributed by atoms with Gasteiger partial charge in [-0.1, -0.05) is 56.1 Å². The minimum Gasteiger partial charge on any atom is -0.490 e. The number of ether oxygens (including phenoxy) is 2. The van der Waals surface area contributed by atoms with Crippen LogP contribution in [0.4, 0.5) is 0 Å². The van der Waals surface area contributed by atoms with Crippen LogP contribution in [0.5, 0.6) is 11.5 Å². The van der Waals surface area contributed by atoms with Crippen molar-refractivity contribution < 1.29 is 14.3 Å². The van der Waals surface area contributed by atoms with E-state index in [4.69, 9.17) is 32.7 Å². The van der Waals surface area contributed by atoms with Crippen molar-refractivity contribution in [3.05, 3.63) is 63.1 Å². The molecule has 0 radical (unpaired) electrons. The van der Waals surface area contributed by atoms with E-state index in [2.05, 4.69) is 0 Å². The van der Waals surface area contributed by atoms with Crippen molar-refractivity contribution in [1.29, 1.82) is 5.26 Å². The number of rotatable bonds is 7. The number of halogens is 2. The molecule has 0 aliphatic rings. The fourth-order valence-corrected chi connectivity index (χ4v) is 3.05. The fraction of sp³-hybridized carbons (Fsp3) is 0.304. The molecule has 0 saturated carbocycles. The molecule has 2 aromatic rings. The van der Waals surface area contributed by atoms with Crippen LogP contribution in [0.2, 0.25) is 10.0 Å². The molecule has 2 rings (SSSR count). The van der Waals surface area contributed by atoms with Gasteiger partial charge in [0, 0.05) is 21.0 Å². The van der Waals surface area contributed by atoms with Crippen LogP contribution >= 0.6 is 23.2 Å². The third-order valence-corrected chi connectivity index (χ3v) is 4.77. The van der Waals surface area contributed by atoms with Crippen molar-refractivity contribution in [3.63, 3.8) is 0 Å². The summed E-state index contributed by atoms with van der Waals surface area (Å²) in [6.45, 7) is 7.82. The summed E-state index contributed by atoms with van der Waals surface area (Å²) >= 11 is 12.4. The smallest absolute Gasteiger partial charge is 0.178 e. The number of Topliss-reactive ketones (excluding diaryl/α,β-unsaturated/α-hetero) is 1. The van der Waals surface area contributed by atoms with Gasteiger partial charge >= 0.3 is 0 Å². The molecular weight excluding hydrogens is 409 g/mol.